The van der Waals surface area contributed by atoms with Crippen molar-refractivity contribution in [2.45, 2.75) is 46.1 Å². The Kier molecular flexibility index (Phi) is 5.09. The average Bonchev–Trinajstić information content (AvgIpc) is 2.55. The second kappa shape index (κ2) is 6.36. The molecule has 19 heavy (non-hydrogen) atoms. The summed E-state index contributed by atoms with van der Waals surface area (Å²) >= 11 is 0. The smallest absolute Gasteiger partial charge is 0.326 e. The summed E-state index contributed by atoms with van der Waals surface area (Å²) in [6.07, 6.45) is 1.31. The molecule has 0 aliphatic rings. The van der Waals surface area contributed by atoms with Crippen molar-refractivity contribution in [3.63, 3.8) is 0 Å². The maximum Gasteiger partial charge on any atom is 0.326 e. The summed E-state index contributed by atoms with van der Waals surface area (Å²) in [6.45, 7) is 5.62. The molecule has 1 aromatic heterocycles. The number of aliphatic carboxylic acids is 1. The van der Waals surface area contributed by atoms with Crippen LogP contribution in [-0.2, 0) is 23.1 Å². The molecule has 0 bridgehead atoms. The lowest BCUT2D eigenvalue weighted by atomic mass is 10.1. The van der Waals surface area contributed by atoms with Gasteiger partial charge in [-0.15, -0.1) is 0 Å². The fourth-order valence-corrected chi connectivity index (χ4v) is 2.03. The molecule has 6 heteroatoms. The Bertz CT molecular complexity index is 480. The van der Waals surface area contributed by atoms with E-state index in [9.17, 15) is 9.59 Å². The molecule has 0 fully saturated rings. The predicted octanol–water partition coefficient (Wildman–Crippen LogP) is 0.949. The van der Waals surface area contributed by atoms with Gasteiger partial charge in [-0.2, -0.15) is 5.10 Å². The Morgan fingerprint density at radius 2 is 2.05 bits per heavy atom. The van der Waals surface area contributed by atoms with E-state index in [1.54, 1.807) is 4.68 Å². The van der Waals surface area contributed by atoms with Gasteiger partial charge in [0.25, 0.3) is 0 Å². The first-order valence-corrected chi connectivity index (χ1v) is 6.38. The monoisotopic (exact) mass is 267 g/mol. The van der Waals surface area contributed by atoms with Crippen LogP contribution in [0.25, 0.3) is 0 Å². The zero-order chi connectivity index (χ0) is 14.6. The summed E-state index contributed by atoms with van der Waals surface area (Å²) < 4.78 is 1.72. The molecule has 1 aromatic rings. The van der Waals surface area contributed by atoms with E-state index in [2.05, 4.69) is 10.4 Å². The van der Waals surface area contributed by atoms with Crippen LogP contribution in [0.1, 0.15) is 36.7 Å². The van der Waals surface area contributed by atoms with E-state index in [4.69, 9.17) is 5.11 Å². The van der Waals surface area contributed by atoms with Crippen LogP contribution >= 0.6 is 0 Å². The normalized spacial score (nSPS) is 12.2. The van der Waals surface area contributed by atoms with E-state index >= 15 is 0 Å². The summed E-state index contributed by atoms with van der Waals surface area (Å²) in [7, 11) is 1.82. The summed E-state index contributed by atoms with van der Waals surface area (Å²) in [4.78, 5) is 22.9. The van der Waals surface area contributed by atoms with Crippen LogP contribution in [-0.4, -0.2) is 32.8 Å². The number of rotatable bonds is 6. The molecule has 0 spiro atoms. The number of aryl methyl sites for hydroxylation is 2. The van der Waals surface area contributed by atoms with Crippen molar-refractivity contribution >= 4 is 11.9 Å². The van der Waals surface area contributed by atoms with Crippen LogP contribution < -0.4 is 5.32 Å². The number of carboxylic acids is 1. The standard InChI is InChI=1S/C13H21N3O3/c1-5-6-11(13(18)19)14-12(17)7-10-8(2)15-16(4)9(10)3/h11H,5-7H2,1-4H3,(H,14,17)(H,18,19)/t11-/m0/s1. The highest BCUT2D eigenvalue weighted by Crippen LogP contribution is 2.12. The average molecular weight is 267 g/mol. The molecule has 1 amide bonds. The van der Waals surface area contributed by atoms with Gasteiger partial charge in [0.05, 0.1) is 12.1 Å². The van der Waals surface area contributed by atoms with Crippen LogP contribution in [0.4, 0.5) is 0 Å². The molecule has 0 aliphatic heterocycles. The highest BCUT2D eigenvalue weighted by atomic mass is 16.4. The Morgan fingerprint density at radius 1 is 1.42 bits per heavy atom. The van der Waals surface area contributed by atoms with Gasteiger partial charge in [0.2, 0.25) is 5.91 Å². The number of nitrogens with one attached hydrogen (secondary N) is 1. The van der Waals surface area contributed by atoms with Gasteiger partial charge in [0, 0.05) is 18.3 Å². The largest absolute Gasteiger partial charge is 0.480 e. The highest BCUT2D eigenvalue weighted by molar-refractivity contribution is 5.85. The van der Waals surface area contributed by atoms with Gasteiger partial charge >= 0.3 is 5.97 Å². The maximum absolute atomic E-state index is 11.9. The van der Waals surface area contributed by atoms with Crippen molar-refractivity contribution in [2.75, 3.05) is 0 Å². The quantitative estimate of drug-likeness (QED) is 0.803. The maximum atomic E-state index is 11.9. The number of carboxylic acid groups (broad SMARTS) is 1. The third-order valence-electron chi connectivity index (χ3n) is 3.21. The summed E-state index contributed by atoms with van der Waals surface area (Å²) in [5.74, 6) is -1.27. The van der Waals surface area contributed by atoms with E-state index in [1.807, 2.05) is 27.8 Å². The molecule has 1 rings (SSSR count). The molecule has 0 saturated heterocycles. The van der Waals surface area contributed by atoms with Crippen LogP contribution in [0.5, 0.6) is 0 Å². The van der Waals surface area contributed by atoms with E-state index in [-0.39, 0.29) is 12.3 Å². The number of carbonyl (C=O) groups excluding carboxylic acids is 1. The van der Waals surface area contributed by atoms with Crippen molar-refractivity contribution in [3.8, 4) is 0 Å². The van der Waals surface area contributed by atoms with Crippen molar-refractivity contribution in [1.29, 1.82) is 0 Å². The molecule has 0 aromatic carbocycles. The van der Waals surface area contributed by atoms with Gasteiger partial charge in [-0.05, 0) is 20.3 Å². The molecular formula is C13H21N3O3. The Hall–Kier alpha value is -1.85. The van der Waals surface area contributed by atoms with Gasteiger partial charge in [0.1, 0.15) is 6.04 Å². The molecule has 0 unspecified atom stereocenters. The molecule has 0 saturated carbocycles. The molecule has 106 valence electrons. The Balaban J connectivity index is 2.71. The van der Waals surface area contributed by atoms with E-state index in [0.29, 0.717) is 12.8 Å². The molecule has 1 atom stereocenters. The number of nitrogens with zero attached hydrogens (tertiary/aromatic N) is 2. The fourth-order valence-electron chi connectivity index (χ4n) is 2.03. The van der Waals surface area contributed by atoms with Gasteiger partial charge in [-0.25, -0.2) is 4.79 Å². The molecule has 0 aliphatic carbocycles. The van der Waals surface area contributed by atoms with Gasteiger partial charge in [-0.1, -0.05) is 13.3 Å². The number of aromatic nitrogens is 2. The van der Waals surface area contributed by atoms with Crippen LogP contribution in [0, 0.1) is 13.8 Å². The lowest BCUT2D eigenvalue weighted by Crippen LogP contribution is -2.41. The van der Waals surface area contributed by atoms with E-state index in [1.165, 1.54) is 0 Å². The van der Waals surface area contributed by atoms with E-state index < -0.39 is 12.0 Å². The summed E-state index contributed by atoms with van der Waals surface area (Å²) in [5.41, 5.74) is 2.59. The molecular weight excluding hydrogens is 246 g/mol. The van der Waals surface area contributed by atoms with Crippen LogP contribution in [0.2, 0.25) is 0 Å². The SMILES string of the molecule is CCC[C@H](NC(=O)Cc1c(C)nn(C)c1C)C(=O)O. The molecule has 1 heterocycles. The lowest BCUT2D eigenvalue weighted by molar-refractivity contribution is -0.141. The third kappa shape index (κ3) is 3.81. The summed E-state index contributed by atoms with van der Waals surface area (Å²) in [6, 6.07) is -0.810. The van der Waals surface area contributed by atoms with Crippen molar-refractivity contribution in [3.05, 3.63) is 17.0 Å². The first-order chi connectivity index (χ1) is 8.86. The topological polar surface area (TPSA) is 84.2 Å². The number of hydrogen-bond donors (Lipinski definition) is 2. The second-order valence-electron chi connectivity index (χ2n) is 4.70. The fraction of sp³-hybridized carbons (Fsp3) is 0.615. The minimum absolute atomic E-state index is 0.166. The third-order valence-corrected chi connectivity index (χ3v) is 3.21. The lowest BCUT2D eigenvalue weighted by Gasteiger charge is -2.13. The Labute approximate surface area is 112 Å². The first-order valence-electron chi connectivity index (χ1n) is 6.38. The van der Waals surface area contributed by atoms with Crippen molar-refractivity contribution in [2.24, 2.45) is 7.05 Å². The van der Waals surface area contributed by atoms with E-state index in [0.717, 1.165) is 17.0 Å². The van der Waals surface area contributed by atoms with Crippen LogP contribution in [0.15, 0.2) is 0 Å². The molecule has 6 nitrogen and oxygen atoms in total. The van der Waals surface area contributed by atoms with Crippen molar-refractivity contribution in [1.82, 2.24) is 15.1 Å². The van der Waals surface area contributed by atoms with Gasteiger partial charge < -0.3 is 10.4 Å². The number of hydrogen-bond acceptors (Lipinski definition) is 3. The van der Waals surface area contributed by atoms with Gasteiger partial charge in [-0.3, -0.25) is 9.48 Å². The zero-order valence-corrected chi connectivity index (χ0v) is 11.9. The minimum Gasteiger partial charge on any atom is -0.480 e. The van der Waals surface area contributed by atoms with Crippen LogP contribution in [0.3, 0.4) is 0 Å². The van der Waals surface area contributed by atoms with Crippen molar-refractivity contribution < 1.29 is 14.7 Å². The number of carbonyl (C=O) groups is 2. The highest BCUT2D eigenvalue weighted by Gasteiger charge is 2.20. The molecule has 2 N–H and O–H groups in total. The zero-order valence-electron chi connectivity index (χ0n) is 11.9. The predicted molar refractivity (Wildman–Crippen MR) is 70.9 cm³/mol. The minimum atomic E-state index is -0.991. The Morgan fingerprint density at radius 3 is 2.47 bits per heavy atom. The second-order valence-corrected chi connectivity index (χ2v) is 4.70. The first kappa shape index (κ1) is 15.2. The molecule has 0 radical (unpaired) electrons. The number of amides is 1. The summed E-state index contributed by atoms with van der Waals surface area (Å²) in [5, 5.41) is 15.8. The van der Waals surface area contributed by atoms with Gasteiger partial charge in [0.15, 0.2) is 0 Å².